The molecule has 4 rings (SSSR count). The maximum absolute atomic E-state index is 14.2. The van der Waals surface area contributed by atoms with Crippen LogP contribution in [0.15, 0.2) is 29.2 Å². The Morgan fingerprint density at radius 1 is 1.39 bits per heavy atom. The van der Waals surface area contributed by atoms with Gasteiger partial charge in [-0.2, -0.15) is 0 Å². The molecule has 176 valence electrons. The second-order valence-corrected chi connectivity index (χ2v) is 9.23. The van der Waals surface area contributed by atoms with E-state index in [-0.39, 0.29) is 40.3 Å². The first-order valence-corrected chi connectivity index (χ1v) is 11.0. The Bertz CT molecular complexity index is 1200. The number of benzene rings is 1. The molecule has 2 aliphatic rings. The van der Waals surface area contributed by atoms with E-state index in [1.54, 1.807) is 22.6 Å². The number of aromatic hydroxyl groups is 1. The fourth-order valence-electron chi connectivity index (χ4n) is 4.54. The van der Waals surface area contributed by atoms with Gasteiger partial charge in [0.25, 0.3) is 11.8 Å². The number of carbonyl (C=O) groups excluding carboxylic acids is 2. The van der Waals surface area contributed by atoms with Gasteiger partial charge in [-0.1, -0.05) is 23.7 Å². The Labute approximate surface area is 194 Å². The van der Waals surface area contributed by atoms with Gasteiger partial charge in [-0.25, -0.2) is 4.39 Å². The van der Waals surface area contributed by atoms with Crippen molar-refractivity contribution < 1.29 is 23.8 Å². The highest BCUT2D eigenvalue weighted by molar-refractivity contribution is 6.30. The molecule has 1 aromatic heterocycles. The van der Waals surface area contributed by atoms with E-state index in [2.05, 4.69) is 5.32 Å². The molecular weight excluding hydrogens is 453 g/mol. The first-order chi connectivity index (χ1) is 15.6. The topological polar surface area (TPSA) is 101 Å². The summed E-state index contributed by atoms with van der Waals surface area (Å²) in [5.74, 6) is -2.64. The molecule has 2 aromatic rings. The van der Waals surface area contributed by atoms with Gasteiger partial charge in [-0.05, 0) is 26.3 Å². The Kier molecular flexibility index (Phi) is 5.96. The molecule has 2 atom stereocenters. The van der Waals surface area contributed by atoms with Crippen molar-refractivity contribution in [1.82, 2.24) is 14.8 Å². The number of pyridine rings is 1. The van der Waals surface area contributed by atoms with Gasteiger partial charge in [0.1, 0.15) is 11.4 Å². The number of carbonyl (C=O) groups is 2. The second-order valence-electron chi connectivity index (χ2n) is 8.82. The third-order valence-corrected chi connectivity index (χ3v) is 6.77. The van der Waals surface area contributed by atoms with E-state index in [0.29, 0.717) is 19.6 Å². The number of nitrogens with one attached hydrogen (secondary N) is 1. The molecule has 0 bridgehead atoms. The van der Waals surface area contributed by atoms with Crippen molar-refractivity contribution in [2.24, 2.45) is 5.92 Å². The van der Waals surface area contributed by atoms with E-state index in [0.717, 1.165) is 0 Å². The Balaban J connectivity index is 1.72. The number of rotatable bonds is 6. The minimum Gasteiger partial charge on any atom is -0.503 e. The van der Waals surface area contributed by atoms with E-state index in [9.17, 15) is 23.9 Å². The molecule has 1 aliphatic carbocycles. The number of nitrogens with zero attached hydrogens (tertiary/aromatic N) is 2. The van der Waals surface area contributed by atoms with Crippen LogP contribution in [0.25, 0.3) is 0 Å². The molecule has 2 unspecified atom stereocenters. The first-order valence-electron chi connectivity index (χ1n) is 10.6. The Morgan fingerprint density at radius 2 is 2.12 bits per heavy atom. The molecular formula is C23H25ClFN3O5. The fraction of sp³-hybridized carbons (Fsp3) is 0.435. The maximum atomic E-state index is 14.2. The molecule has 1 spiro atoms. The molecule has 1 saturated carbocycles. The lowest BCUT2D eigenvalue weighted by atomic mass is 10.0. The van der Waals surface area contributed by atoms with Crippen LogP contribution in [0.2, 0.25) is 5.02 Å². The van der Waals surface area contributed by atoms with Crippen LogP contribution in [0, 0.1) is 11.7 Å². The van der Waals surface area contributed by atoms with Gasteiger partial charge in [0.05, 0.1) is 17.2 Å². The highest BCUT2D eigenvalue weighted by atomic mass is 35.5. The van der Waals surface area contributed by atoms with E-state index in [1.165, 1.54) is 18.3 Å². The molecule has 2 heterocycles. The van der Waals surface area contributed by atoms with E-state index >= 15 is 0 Å². The number of hydrogen-bond donors (Lipinski definition) is 2. The molecule has 8 nitrogen and oxygen atoms in total. The van der Waals surface area contributed by atoms with Gasteiger partial charge in [0, 0.05) is 43.9 Å². The van der Waals surface area contributed by atoms with Crippen LogP contribution in [0.3, 0.4) is 0 Å². The summed E-state index contributed by atoms with van der Waals surface area (Å²) in [4.78, 5) is 40.4. The molecule has 1 fully saturated rings. The van der Waals surface area contributed by atoms with Crippen molar-refractivity contribution in [1.29, 1.82) is 0 Å². The summed E-state index contributed by atoms with van der Waals surface area (Å²) in [5.41, 5.74) is -1.84. The molecule has 1 aromatic carbocycles. The molecule has 10 heteroatoms. The quantitative estimate of drug-likeness (QED) is 0.665. The number of aromatic nitrogens is 1. The third-order valence-electron chi connectivity index (χ3n) is 6.48. The minimum absolute atomic E-state index is 0.0500. The highest BCUT2D eigenvalue weighted by Crippen LogP contribution is 2.54. The predicted molar refractivity (Wildman–Crippen MR) is 119 cm³/mol. The molecule has 2 amide bonds. The van der Waals surface area contributed by atoms with Gasteiger partial charge in [-0.3, -0.25) is 14.4 Å². The van der Waals surface area contributed by atoms with E-state index in [4.69, 9.17) is 16.3 Å². The van der Waals surface area contributed by atoms with E-state index in [1.807, 2.05) is 13.8 Å². The highest BCUT2D eigenvalue weighted by Gasteiger charge is 2.60. The van der Waals surface area contributed by atoms with E-state index < -0.39 is 34.3 Å². The minimum atomic E-state index is -0.955. The lowest BCUT2D eigenvalue weighted by Gasteiger charge is -2.39. The zero-order chi connectivity index (χ0) is 24.1. The summed E-state index contributed by atoms with van der Waals surface area (Å²) in [5, 5.41) is 13.1. The molecule has 1 aliphatic heterocycles. The van der Waals surface area contributed by atoms with Crippen LogP contribution in [-0.2, 0) is 16.8 Å². The standard InChI is InChI=1S/C23H25ClFN3O5/c1-12(2)27-11-23(7-14(23)10-33-3)28-9-15(19(29)20(30)18(28)22(27)32)21(31)26-8-13-5-4-6-16(24)17(13)25/h4-6,9,12,14,30H,7-8,10-11H2,1-3H3,(H,26,31). The largest absolute Gasteiger partial charge is 0.503 e. The summed E-state index contributed by atoms with van der Waals surface area (Å²) < 4.78 is 21.0. The van der Waals surface area contributed by atoms with Crippen molar-refractivity contribution in [3.8, 4) is 5.75 Å². The summed E-state index contributed by atoms with van der Waals surface area (Å²) in [6, 6.07) is 4.26. The Morgan fingerprint density at radius 3 is 2.79 bits per heavy atom. The Hall–Kier alpha value is -2.91. The molecule has 0 saturated heterocycles. The summed E-state index contributed by atoms with van der Waals surface area (Å²) in [7, 11) is 1.58. The van der Waals surface area contributed by atoms with Crippen LogP contribution in [-0.4, -0.2) is 52.7 Å². The predicted octanol–water partition coefficient (Wildman–Crippen LogP) is 2.50. The lowest BCUT2D eigenvalue weighted by molar-refractivity contribution is 0.0543. The van der Waals surface area contributed by atoms with Crippen molar-refractivity contribution in [2.45, 2.75) is 38.4 Å². The van der Waals surface area contributed by atoms with Crippen LogP contribution >= 0.6 is 11.6 Å². The number of methoxy groups -OCH3 is 1. The summed E-state index contributed by atoms with van der Waals surface area (Å²) in [6.07, 6.45) is 1.99. The van der Waals surface area contributed by atoms with Gasteiger partial charge in [-0.15, -0.1) is 0 Å². The average Bonchev–Trinajstić information content (AvgIpc) is 3.46. The van der Waals surface area contributed by atoms with Crippen LogP contribution < -0.4 is 10.7 Å². The first kappa shape index (κ1) is 23.3. The fourth-order valence-corrected chi connectivity index (χ4v) is 4.74. The van der Waals surface area contributed by atoms with Gasteiger partial charge in [0.15, 0.2) is 11.4 Å². The number of ether oxygens (including phenoxy) is 1. The molecule has 2 N–H and O–H groups in total. The summed E-state index contributed by atoms with van der Waals surface area (Å²) >= 11 is 5.78. The average molecular weight is 478 g/mol. The zero-order valence-corrected chi connectivity index (χ0v) is 19.3. The van der Waals surface area contributed by atoms with Gasteiger partial charge >= 0.3 is 0 Å². The van der Waals surface area contributed by atoms with Crippen LogP contribution in [0.1, 0.15) is 46.7 Å². The number of halogens is 2. The second kappa shape index (κ2) is 8.46. The van der Waals surface area contributed by atoms with Gasteiger partial charge in [0.2, 0.25) is 5.43 Å². The normalized spacial score (nSPS) is 21.5. The third kappa shape index (κ3) is 3.79. The SMILES string of the molecule is COCC1CC12CN(C(C)C)C(=O)c1c(O)c(=O)c(C(=O)NCc3cccc(Cl)c3F)cn12. The van der Waals surface area contributed by atoms with Crippen molar-refractivity contribution >= 4 is 23.4 Å². The number of hydrogen-bond acceptors (Lipinski definition) is 5. The smallest absolute Gasteiger partial charge is 0.274 e. The lowest BCUT2D eigenvalue weighted by Crippen LogP contribution is -2.52. The summed E-state index contributed by atoms with van der Waals surface area (Å²) in [6.45, 7) is 4.33. The van der Waals surface area contributed by atoms with Crippen molar-refractivity contribution in [3.05, 3.63) is 62.3 Å². The maximum Gasteiger partial charge on any atom is 0.274 e. The monoisotopic (exact) mass is 477 g/mol. The van der Waals surface area contributed by atoms with Gasteiger partial charge < -0.3 is 24.6 Å². The molecule has 0 radical (unpaired) electrons. The van der Waals surface area contributed by atoms with Crippen LogP contribution in [0.5, 0.6) is 5.75 Å². The molecule has 33 heavy (non-hydrogen) atoms. The van der Waals surface area contributed by atoms with Crippen molar-refractivity contribution in [3.63, 3.8) is 0 Å². The van der Waals surface area contributed by atoms with Crippen LogP contribution in [0.4, 0.5) is 4.39 Å². The zero-order valence-electron chi connectivity index (χ0n) is 18.5. The van der Waals surface area contributed by atoms with Crippen molar-refractivity contribution in [2.75, 3.05) is 20.3 Å². The number of fused-ring (bicyclic) bond motifs is 2. The number of amides is 2.